The fourth-order valence-electron chi connectivity index (χ4n) is 3.69. The Morgan fingerprint density at radius 1 is 0.872 bits per heavy atom. The number of hydrogen-bond donors (Lipinski definition) is 0. The monoisotopic (exact) mass is 652 g/mol. The van der Waals surface area contributed by atoms with Gasteiger partial charge in [0, 0.05) is 32.5 Å². The van der Waals surface area contributed by atoms with E-state index >= 15 is 0 Å². The van der Waals surface area contributed by atoms with Crippen LogP contribution in [0.3, 0.4) is 0 Å². The summed E-state index contributed by atoms with van der Waals surface area (Å²) in [6.07, 6.45) is 3.15. The first-order valence-electron chi connectivity index (χ1n) is 11.3. The summed E-state index contributed by atoms with van der Waals surface area (Å²) < 4.78 is 11.8. The van der Waals surface area contributed by atoms with Crippen LogP contribution in [0.15, 0.2) is 79.1 Å². The highest BCUT2D eigenvalue weighted by molar-refractivity contribution is 6.35. The Bertz CT molecular complexity index is 1240. The lowest BCUT2D eigenvalue weighted by Crippen LogP contribution is -2.37. The molecule has 1 heterocycles. The third-order valence-corrected chi connectivity index (χ3v) is 7.18. The zero-order chi connectivity index (χ0) is 26.4. The van der Waals surface area contributed by atoms with Crippen molar-refractivity contribution in [1.82, 2.24) is 9.80 Å². The van der Waals surface area contributed by atoms with E-state index in [9.17, 15) is 4.79 Å². The Hall–Kier alpha value is -1.87. The Balaban J connectivity index is 0.00000267. The first-order chi connectivity index (χ1) is 17.8. The van der Waals surface area contributed by atoms with Gasteiger partial charge in [-0.1, -0.05) is 76.2 Å². The molecule has 1 aliphatic rings. The molecule has 0 amide bonds. The predicted molar refractivity (Wildman–Crippen MR) is 160 cm³/mol. The van der Waals surface area contributed by atoms with Crippen molar-refractivity contribution in [1.29, 1.82) is 0 Å². The van der Waals surface area contributed by atoms with Crippen LogP contribution in [0, 0.1) is 0 Å². The van der Waals surface area contributed by atoms with Gasteiger partial charge in [0.25, 0.3) is 0 Å². The summed E-state index contributed by atoms with van der Waals surface area (Å²) in [6.45, 7) is 0.774. The third kappa shape index (κ3) is 9.62. The number of halogens is 6. The highest BCUT2D eigenvalue weighted by Gasteiger charge is 2.30. The third-order valence-electron chi connectivity index (χ3n) is 5.61. The largest absolute Gasteiger partial charge is 0.486 e. The minimum absolute atomic E-state index is 0. The summed E-state index contributed by atoms with van der Waals surface area (Å²) in [5.41, 5.74) is 1.07. The van der Waals surface area contributed by atoms with Crippen LogP contribution in [0.1, 0.15) is 17.2 Å². The molecule has 12 heteroatoms. The van der Waals surface area contributed by atoms with Crippen molar-refractivity contribution in [3.05, 3.63) is 110 Å². The summed E-state index contributed by atoms with van der Waals surface area (Å²) in [5, 5.41) is 2.28. The van der Waals surface area contributed by atoms with Crippen molar-refractivity contribution in [2.24, 2.45) is 0 Å². The SMILES string of the molecule is Cl.O.O=C(COc1ccc(Cl)cc1)CN1C=CN(C(Cl)C(OCc2ccc(Cl)cc2Cl)c2ccc(Cl)cc2)C1. The van der Waals surface area contributed by atoms with Gasteiger partial charge in [0.2, 0.25) is 0 Å². The van der Waals surface area contributed by atoms with Crippen molar-refractivity contribution in [3.8, 4) is 5.75 Å². The predicted octanol–water partition coefficient (Wildman–Crippen LogP) is 7.41. The summed E-state index contributed by atoms with van der Waals surface area (Å²) in [4.78, 5) is 16.2. The van der Waals surface area contributed by atoms with E-state index in [1.165, 1.54) is 0 Å². The van der Waals surface area contributed by atoms with Crippen molar-refractivity contribution >= 4 is 76.2 Å². The van der Waals surface area contributed by atoms with E-state index in [4.69, 9.17) is 67.5 Å². The maximum atomic E-state index is 12.5. The molecule has 3 aromatic rings. The number of benzene rings is 3. The molecule has 210 valence electrons. The molecule has 39 heavy (non-hydrogen) atoms. The molecule has 3 aromatic carbocycles. The number of nitrogens with zero attached hydrogens (tertiary/aromatic N) is 2. The lowest BCUT2D eigenvalue weighted by atomic mass is 10.1. The van der Waals surface area contributed by atoms with Gasteiger partial charge in [0.1, 0.15) is 24.0 Å². The van der Waals surface area contributed by atoms with Crippen molar-refractivity contribution in [2.75, 3.05) is 19.8 Å². The zero-order valence-corrected chi connectivity index (χ0v) is 25.0. The van der Waals surface area contributed by atoms with Crippen LogP contribution in [-0.4, -0.2) is 46.4 Å². The fourth-order valence-corrected chi connectivity index (χ4v) is 4.75. The summed E-state index contributed by atoms with van der Waals surface area (Å²) >= 11 is 31.3. The van der Waals surface area contributed by atoms with Gasteiger partial charge in [-0.05, 0) is 59.7 Å². The molecule has 1 aliphatic heterocycles. The van der Waals surface area contributed by atoms with Crippen LogP contribution in [0.4, 0.5) is 0 Å². The number of carbonyl (C=O) groups is 1. The average Bonchev–Trinajstić information content (AvgIpc) is 3.34. The lowest BCUT2D eigenvalue weighted by Gasteiger charge is -2.31. The van der Waals surface area contributed by atoms with E-state index in [0.717, 1.165) is 11.1 Å². The second-order valence-corrected chi connectivity index (χ2v) is 10.5. The molecule has 6 nitrogen and oxygen atoms in total. The second-order valence-electron chi connectivity index (χ2n) is 8.37. The molecule has 0 saturated carbocycles. The smallest absolute Gasteiger partial charge is 0.189 e. The first kappa shape index (κ1) is 33.3. The van der Waals surface area contributed by atoms with Gasteiger partial charge in [-0.2, -0.15) is 0 Å². The number of ether oxygens (including phenoxy) is 2. The summed E-state index contributed by atoms with van der Waals surface area (Å²) in [5.74, 6) is 0.511. The van der Waals surface area contributed by atoms with Crippen molar-refractivity contribution in [3.63, 3.8) is 0 Å². The summed E-state index contributed by atoms with van der Waals surface area (Å²) in [7, 11) is 0. The molecule has 0 aromatic heterocycles. The Kier molecular flexibility index (Phi) is 13.5. The van der Waals surface area contributed by atoms with Crippen LogP contribution in [0.2, 0.25) is 20.1 Å². The topological polar surface area (TPSA) is 73.5 Å². The van der Waals surface area contributed by atoms with E-state index in [0.29, 0.717) is 32.5 Å². The van der Waals surface area contributed by atoms with Crippen LogP contribution in [-0.2, 0) is 16.1 Å². The summed E-state index contributed by atoms with van der Waals surface area (Å²) in [6, 6.07) is 19.5. The fraction of sp³-hybridized carbons (Fsp3) is 0.222. The van der Waals surface area contributed by atoms with Crippen molar-refractivity contribution in [2.45, 2.75) is 18.2 Å². The maximum absolute atomic E-state index is 12.5. The van der Waals surface area contributed by atoms with E-state index in [2.05, 4.69) is 0 Å². The molecular formula is C27H26Cl6N2O4. The Labute approximate surface area is 258 Å². The number of carbonyl (C=O) groups excluding carboxylic acids is 1. The van der Waals surface area contributed by atoms with Gasteiger partial charge in [-0.3, -0.25) is 4.79 Å². The molecule has 0 bridgehead atoms. The van der Waals surface area contributed by atoms with Crippen LogP contribution < -0.4 is 4.74 Å². The molecular weight excluding hydrogens is 629 g/mol. The second kappa shape index (κ2) is 15.8. The number of rotatable bonds is 11. The molecule has 0 saturated heterocycles. The van der Waals surface area contributed by atoms with Crippen LogP contribution >= 0.6 is 70.4 Å². The normalized spacial score (nSPS) is 13.9. The number of alkyl halides is 1. The number of ketones is 1. The maximum Gasteiger partial charge on any atom is 0.189 e. The molecule has 0 radical (unpaired) electrons. The van der Waals surface area contributed by atoms with E-state index in [1.807, 2.05) is 40.4 Å². The van der Waals surface area contributed by atoms with E-state index in [-0.39, 0.29) is 43.4 Å². The van der Waals surface area contributed by atoms with Gasteiger partial charge in [-0.25, -0.2) is 0 Å². The van der Waals surface area contributed by atoms with Gasteiger partial charge < -0.3 is 24.7 Å². The minimum atomic E-state index is -0.575. The van der Waals surface area contributed by atoms with Crippen LogP contribution in [0.5, 0.6) is 5.75 Å². The highest BCUT2D eigenvalue weighted by atomic mass is 35.5. The molecule has 4 rings (SSSR count). The zero-order valence-electron chi connectivity index (χ0n) is 20.4. The first-order valence-corrected chi connectivity index (χ1v) is 13.3. The van der Waals surface area contributed by atoms with Gasteiger partial charge in [0.15, 0.2) is 5.78 Å². The van der Waals surface area contributed by atoms with Crippen molar-refractivity contribution < 1.29 is 19.7 Å². The number of hydrogen-bond acceptors (Lipinski definition) is 5. The van der Waals surface area contributed by atoms with E-state index in [1.54, 1.807) is 48.5 Å². The van der Waals surface area contributed by atoms with Gasteiger partial charge in [-0.15, -0.1) is 12.4 Å². The molecule has 0 spiro atoms. The van der Waals surface area contributed by atoms with Gasteiger partial charge in [0.05, 0.1) is 19.8 Å². The molecule has 0 aliphatic carbocycles. The lowest BCUT2D eigenvalue weighted by molar-refractivity contribution is -0.121. The molecule has 2 atom stereocenters. The average molecular weight is 655 g/mol. The molecule has 2 unspecified atom stereocenters. The Morgan fingerprint density at radius 2 is 1.49 bits per heavy atom. The standard InChI is InChI=1S/C27H23Cl5N2O3.ClH.H2O/c28-20-4-1-18(2-5-20)26(37-15-19-3-6-22(30)13-25(19)31)27(32)34-12-11-33(17-34)14-23(35)16-36-24-9-7-21(29)8-10-24;;/h1-13,26-27H,14-17H2;1H;1H2. The molecule has 0 fully saturated rings. The minimum Gasteiger partial charge on any atom is -0.486 e. The van der Waals surface area contributed by atoms with E-state index < -0.39 is 11.6 Å². The quantitative estimate of drug-likeness (QED) is 0.159. The highest BCUT2D eigenvalue weighted by Crippen LogP contribution is 2.33. The van der Waals surface area contributed by atoms with Gasteiger partial charge >= 0.3 is 0 Å². The Morgan fingerprint density at radius 3 is 2.13 bits per heavy atom. The molecule has 2 N–H and O–H groups in total. The number of Topliss-reactive ketones (excluding diaryl/α,β-unsaturated/α-hetero) is 1. The van der Waals surface area contributed by atoms with Crippen LogP contribution in [0.25, 0.3) is 0 Å².